The Morgan fingerprint density at radius 3 is 2.89 bits per heavy atom. The molecule has 1 aliphatic rings. The molecule has 1 aromatic carbocycles. The van der Waals surface area contributed by atoms with Crippen molar-refractivity contribution in [2.24, 2.45) is 11.7 Å². The Morgan fingerprint density at radius 1 is 1.33 bits per heavy atom. The predicted molar refractivity (Wildman–Crippen MR) is 71.4 cm³/mol. The van der Waals surface area contributed by atoms with Gasteiger partial charge in [-0.1, -0.05) is 11.6 Å². The van der Waals surface area contributed by atoms with Crippen LogP contribution in [-0.2, 0) is 4.74 Å². The van der Waals surface area contributed by atoms with E-state index in [0.29, 0.717) is 5.92 Å². The van der Waals surface area contributed by atoms with E-state index in [0.717, 1.165) is 29.8 Å². The highest BCUT2D eigenvalue weighted by atomic mass is 16.5. The van der Waals surface area contributed by atoms with E-state index in [-0.39, 0.29) is 12.1 Å². The van der Waals surface area contributed by atoms with E-state index in [4.69, 9.17) is 14.9 Å². The molecule has 0 spiro atoms. The van der Waals surface area contributed by atoms with Gasteiger partial charge in [-0.15, -0.1) is 0 Å². The molecule has 1 aliphatic heterocycles. The summed E-state index contributed by atoms with van der Waals surface area (Å²) in [4.78, 5) is 0. The van der Waals surface area contributed by atoms with Crippen molar-refractivity contribution < 1.29 is 9.15 Å². The Bertz CT molecular complexity index is 561. The summed E-state index contributed by atoms with van der Waals surface area (Å²) in [5.41, 5.74) is 8.47. The molecule has 0 bridgehead atoms. The third-order valence-corrected chi connectivity index (χ3v) is 3.92. The molecule has 3 unspecified atom stereocenters. The summed E-state index contributed by atoms with van der Waals surface area (Å²) in [6, 6.07) is 8.19. The number of hydrogen-bond acceptors (Lipinski definition) is 3. The van der Waals surface area contributed by atoms with Crippen LogP contribution in [0.5, 0.6) is 0 Å². The molecule has 1 saturated heterocycles. The van der Waals surface area contributed by atoms with Gasteiger partial charge >= 0.3 is 0 Å². The number of ether oxygens (including phenoxy) is 1. The van der Waals surface area contributed by atoms with Gasteiger partial charge in [0.2, 0.25) is 0 Å². The topological polar surface area (TPSA) is 48.4 Å². The quantitative estimate of drug-likeness (QED) is 0.884. The molecule has 1 fully saturated rings. The molecule has 2 heterocycles. The van der Waals surface area contributed by atoms with Crippen LogP contribution in [0.1, 0.15) is 30.7 Å². The maximum absolute atomic E-state index is 6.32. The van der Waals surface area contributed by atoms with E-state index in [1.807, 2.05) is 6.07 Å². The first-order chi connectivity index (χ1) is 8.65. The highest BCUT2D eigenvalue weighted by molar-refractivity contribution is 5.78. The lowest BCUT2D eigenvalue weighted by Crippen LogP contribution is -2.26. The third kappa shape index (κ3) is 1.93. The van der Waals surface area contributed by atoms with Gasteiger partial charge in [-0.3, -0.25) is 0 Å². The van der Waals surface area contributed by atoms with E-state index in [2.05, 4.69) is 32.0 Å². The number of fused-ring (bicyclic) bond motifs is 1. The van der Waals surface area contributed by atoms with Crippen LogP contribution in [0.3, 0.4) is 0 Å². The fraction of sp³-hybridized carbons (Fsp3) is 0.467. The zero-order chi connectivity index (χ0) is 12.7. The number of hydrogen-bond donors (Lipinski definition) is 1. The van der Waals surface area contributed by atoms with Gasteiger partial charge < -0.3 is 14.9 Å². The molecule has 0 radical (unpaired) electrons. The van der Waals surface area contributed by atoms with Gasteiger partial charge in [-0.25, -0.2) is 0 Å². The van der Waals surface area contributed by atoms with Gasteiger partial charge in [0.15, 0.2) is 0 Å². The van der Waals surface area contributed by atoms with E-state index in [1.54, 1.807) is 0 Å². The van der Waals surface area contributed by atoms with Crippen molar-refractivity contribution in [3.63, 3.8) is 0 Å². The minimum absolute atomic E-state index is 0.0739. The van der Waals surface area contributed by atoms with Gasteiger partial charge in [-0.2, -0.15) is 0 Å². The number of furan rings is 1. The maximum Gasteiger partial charge on any atom is 0.134 e. The Balaban J connectivity index is 1.93. The lowest BCUT2D eigenvalue weighted by Gasteiger charge is -2.19. The van der Waals surface area contributed by atoms with Crippen molar-refractivity contribution >= 4 is 11.0 Å². The van der Waals surface area contributed by atoms with Crippen LogP contribution in [0, 0.1) is 12.8 Å². The standard InChI is InChI=1S/C15H19NO2/c1-9-3-4-13-11(7-9)8-14(18-13)15(16)12-5-6-17-10(12)2/h3-4,7-8,10,12,15H,5-6,16H2,1-2H3. The number of benzene rings is 1. The van der Waals surface area contributed by atoms with Crippen LogP contribution in [0.15, 0.2) is 28.7 Å². The minimum Gasteiger partial charge on any atom is -0.459 e. The fourth-order valence-electron chi connectivity index (χ4n) is 2.78. The summed E-state index contributed by atoms with van der Waals surface area (Å²) >= 11 is 0. The molecular formula is C15H19NO2. The molecule has 3 nitrogen and oxygen atoms in total. The van der Waals surface area contributed by atoms with Crippen LogP contribution < -0.4 is 5.73 Å². The first kappa shape index (κ1) is 11.8. The highest BCUT2D eigenvalue weighted by Crippen LogP contribution is 2.34. The average Bonchev–Trinajstić information content (AvgIpc) is 2.93. The Hall–Kier alpha value is -1.32. The fourth-order valence-corrected chi connectivity index (χ4v) is 2.78. The van der Waals surface area contributed by atoms with Gasteiger partial charge in [0.25, 0.3) is 0 Å². The zero-order valence-electron chi connectivity index (χ0n) is 10.8. The van der Waals surface area contributed by atoms with Gasteiger partial charge in [0.05, 0.1) is 12.1 Å². The number of rotatable bonds is 2. The maximum atomic E-state index is 6.32. The lowest BCUT2D eigenvalue weighted by atomic mass is 9.92. The molecule has 1 aromatic heterocycles. The zero-order valence-corrected chi connectivity index (χ0v) is 10.8. The second-order valence-electron chi connectivity index (χ2n) is 5.24. The summed E-state index contributed by atoms with van der Waals surface area (Å²) in [6.45, 7) is 4.97. The molecule has 0 amide bonds. The highest BCUT2D eigenvalue weighted by Gasteiger charge is 2.32. The van der Waals surface area contributed by atoms with Crippen LogP contribution >= 0.6 is 0 Å². The first-order valence-electron chi connectivity index (χ1n) is 6.52. The summed E-state index contributed by atoms with van der Waals surface area (Å²) in [5, 5.41) is 1.13. The lowest BCUT2D eigenvalue weighted by molar-refractivity contribution is 0.0975. The van der Waals surface area contributed by atoms with Crippen molar-refractivity contribution in [3.8, 4) is 0 Å². The van der Waals surface area contributed by atoms with Crippen LogP contribution in [0.25, 0.3) is 11.0 Å². The molecule has 3 heteroatoms. The molecule has 0 aliphatic carbocycles. The second-order valence-corrected chi connectivity index (χ2v) is 5.24. The van der Waals surface area contributed by atoms with Crippen molar-refractivity contribution in [2.45, 2.75) is 32.4 Å². The smallest absolute Gasteiger partial charge is 0.134 e. The van der Waals surface area contributed by atoms with Crippen LogP contribution in [-0.4, -0.2) is 12.7 Å². The third-order valence-electron chi connectivity index (χ3n) is 3.92. The number of nitrogens with two attached hydrogens (primary N) is 1. The van der Waals surface area contributed by atoms with Gasteiger partial charge in [0.1, 0.15) is 11.3 Å². The largest absolute Gasteiger partial charge is 0.459 e. The predicted octanol–water partition coefficient (Wildman–Crippen LogP) is 3.17. The summed E-state index contributed by atoms with van der Waals surface area (Å²) in [7, 11) is 0. The van der Waals surface area contributed by atoms with E-state index < -0.39 is 0 Å². The van der Waals surface area contributed by atoms with Crippen molar-refractivity contribution in [1.29, 1.82) is 0 Å². The Kier molecular flexibility index (Phi) is 2.88. The van der Waals surface area contributed by atoms with Crippen molar-refractivity contribution in [2.75, 3.05) is 6.61 Å². The molecule has 18 heavy (non-hydrogen) atoms. The van der Waals surface area contributed by atoms with Crippen LogP contribution in [0.4, 0.5) is 0 Å². The SMILES string of the molecule is Cc1ccc2oc(C(N)C3CCOC3C)cc2c1. The van der Waals surface area contributed by atoms with Gasteiger partial charge in [0, 0.05) is 17.9 Å². The molecule has 2 N–H and O–H groups in total. The first-order valence-corrected chi connectivity index (χ1v) is 6.52. The molecule has 2 aromatic rings. The summed E-state index contributed by atoms with van der Waals surface area (Å²) in [6.07, 6.45) is 1.23. The second kappa shape index (κ2) is 4.41. The Labute approximate surface area is 107 Å². The summed E-state index contributed by atoms with van der Waals surface area (Å²) in [5.74, 6) is 1.23. The van der Waals surface area contributed by atoms with E-state index >= 15 is 0 Å². The average molecular weight is 245 g/mol. The molecule has 96 valence electrons. The summed E-state index contributed by atoms with van der Waals surface area (Å²) < 4.78 is 11.4. The normalized spacial score (nSPS) is 25.7. The Morgan fingerprint density at radius 2 is 2.17 bits per heavy atom. The van der Waals surface area contributed by atoms with Crippen molar-refractivity contribution in [3.05, 3.63) is 35.6 Å². The van der Waals surface area contributed by atoms with Crippen molar-refractivity contribution in [1.82, 2.24) is 0 Å². The molecule has 0 saturated carbocycles. The number of aryl methyl sites for hydroxylation is 1. The molecular weight excluding hydrogens is 226 g/mol. The molecule has 3 rings (SSSR count). The monoisotopic (exact) mass is 245 g/mol. The van der Waals surface area contributed by atoms with Crippen LogP contribution in [0.2, 0.25) is 0 Å². The minimum atomic E-state index is -0.0739. The van der Waals surface area contributed by atoms with E-state index in [9.17, 15) is 0 Å². The van der Waals surface area contributed by atoms with Gasteiger partial charge in [-0.05, 0) is 38.5 Å². The van der Waals surface area contributed by atoms with E-state index in [1.165, 1.54) is 5.56 Å². The molecule has 3 atom stereocenters.